The van der Waals surface area contributed by atoms with Gasteiger partial charge in [0.1, 0.15) is 5.75 Å². The summed E-state index contributed by atoms with van der Waals surface area (Å²) in [5.41, 5.74) is 1.47. The van der Waals surface area contributed by atoms with Gasteiger partial charge in [-0.3, -0.25) is 4.79 Å². The Morgan fingerprint density at radius 2 is 2.33 bits per heavy atom. The molecule has 18 heavy (non-hydrogen) atoms. The molecule has 0 aromatic heterocycles. The first-order valence-electron chi connectivity index (χ1n) is 6.13. The van der Waals surface area contributed by atoms with Crippen molar-refractivity contribution in [3.05, 3.63) is 17.2 Å². The Kier molecular flexibility index (Phi) is 3.97. The van der Waals surface area contributed by atoms with Gasteiger partial charge in [-0.15, -0.1) is 0 Å². The van der Waals surface area contributed by atoms with Crippen LogP contribution in [0.5, 0.6) is 5.75 Å². The van der Waals surface area contributed by atoms with E-state index < -0.39 is 0 Å². The summed E-state index contributed by atoms with van der Waals surface area (Å²) in [5, 5.41) is 6.66. The van der Waals surface area contributed by atoms with Gasteiger partial charge in [0.2, 0.25) is 0 Å². The average molecular weight is 269 g/mol. The molecule has 1 aromatic rings. The first-order chi connectivity index (χ1) is 8.60. The molecule has 1 amide bonds. The van der Waals surface area contributed by atoms with E-state index in [9.17, 15) is 4.79 Å². The molecule has 0 bridgehead atoms. The molecule has 1 heterocycles. The number of benzene rings is 1. The molecule has 1 aliphatic heterocycles. The van der Waals surface area contributed by atoms with Gasteiger partial charge in [0, 0.05) is 12.1 Å². The maximum Gasteiger partial charge on any atom is 0.262 e. The molecule has 0 aliphatic carbocycles. The van der Waals surface area contributed by atoms with Crippen molar-refractivity contribution in [3.63, 3.8) is 0 Å². The fourth-order valence-electron chi connectivity index (χ4n) is 1.98. The van der Waals surface area contributed by atoms with Gasteiger partial charge < -0.3 is 15.4 Å². The number of rotatable bonds is 4. The van der Waals surface area contributed by atoms with Crippen LogP contribution in [0.2, 0.25) is 5.02 Å². The van der Waals surface area contributed by atoms with Crippen molar-refractivity contribution in [2.45, 2.75) is 32.7 Å². The molecule has 0 saturated carbocycles. The minimum atomic E-state index is -0.154. The number of carbonyl (C=O) groups excluding carboxylic acids is 1. The molecular weight excluding hydrogens is 252 g/mol. The van der Waals surface area contributed by atoms with E-state index in [-0.39, 0.29) is 12.5 Å². The summed E-state index contributed by atoms with van der Waals surface area (Å²) in [6, 6.07) is 3.90. The quantitative estimate of drug-likeness (QED) is 0.881. The van der Waals surface area contributed by atoms with E-state index >= 15 is 0 Å². The fourth-order valence-corrected chi connectivity index (χ4v) is 2.20. The third-order valence-corrected chi connectivity index (χ3v) is 3.14. The number of anilines is 2. The lowest BCUT2D eigenvalue weighted by Crippen LogP contribution is -2.25. The molecular formula is C13H17ClN2O2. The van der Waals surface area contributed by atoms with Crippen LogP contribution < -0.4 is 15.4 Å². The number of hydrogen-bond acceptors (Lipinski definition) is 3. The Bertz CT molecular complexity index is 463. The van der Waals surface area contributed by atoms with E-state index in [4.69, 9.17) is 16.3 Å². The largest absolute Gasteiger partial charge is 0.482 e. The molecule has 98 valence electrons. The summed E-state index contributed by atoms with van der Waals surface area (Å²) < 4.78 is 5.36. The van der Waals surface area contributed by atoms with Crippen molar-refractivity contribution in [1.82, 2.24) is 0 Å². The highest BCUT2D eigenvalue weighted by Crippen LogP contribution is 2.36. The molecule has 2 rings (SSSR count). The van der Waals surface area contributed by atoms with Crippen LogP contribution in [0.15, 0.2) is 12.1 Å². The van der Waals surface area contributed by atoms with Crippen molar-refractivity contribution in [2.24, 2.45) is 0 Å². The lowest BCUT2D eigenvalue weighted by atomic mass is 10.1. The van der Waals surface area contributed by atoms with Crippen LogP contribution in [0.1, 0.15) is 26.7 Å². The predicted octanol–water partition coefficient (Wildman–Crippen LogP) is 3.27. The Labute approximate surface area is 112 Å². The van der Waals surface area contributed by atoms with Gasteiger partial charge in [-0.1, -0.05) is 24.9 Å². The SMILES string of the molecule is CCCC(C)Nc1cc2c(cc1Cl)NC(=O)CO2. The third kappa shape index (κ3) is 2.88. The normalized spacial score (nSPS) is 15.4. The molecule has 1 aromatic carbocycles. The number of ether oxygens (including phenoxy) is 1. The lowest BCUT2D eigenvalue weighted by Gasteiger charge is -2.21. The number of carbonyl (C=O) groups is 1. The maximum atomic E-state index is 11.2. The second-order valence-corrected chi connectivity index (χ2v) is 4.91. The van der Waals surface area contributed by atoms with Crippen LogP contribution in [0.4, 0.5) is 11.4 Å². The van der Waals surface area contributed by atoms with Crippen molar-refractivity contribution >= 4 is 28.9 Å². The number of amides is 1. The predicted molar refractivity (Wildman–Crippen MR) is 73.6 cm³/mol. The van der Waals surface area contributed by atoms with Gasteiger partial charge in [0.05, 0.1) is 16.4 Å². The van der Waals surface area contributed by atoms with E-state index in [1.54, 1.807) is 6.07 Å². The second-order valence-electron chi connectivity index (χ2n) is 4.50. The molecule has 4 nitrogen and oxygen atoms in total. The van der Waals surface area contributed by atoms with Crippen LogP contribution in [-0.2, 0) is 4.79 Å². The number of fused-ring (bicyclic) bond motifs is 1. The van der Waals surface area contributed by atoms with Crippen molar-refractivity contribution in [2.75, 3.05) is 17.2 Å². The third-order valence-electron chi connectivity index (χ3n) is 2.83. The first kappa shape index (κ1) is 13.0. The monoisotopic (exact) mass is 268 g/mol. The van der Waals surface area contributed by atoms with Crippen molar-refractivity contribution in [3.8, 4) is 5.75 Å². The van der Waals surface area contributed by atoms with Gasteiger partial charge >= 0.3 is 0 Å². The average Bonchev–Trinajstić information content (AvgIpc) is 2.31. The summed E-state index contributed by atoms with van der Waals surface area (Å²) in [5.74, 6) is 0.504. The summed E-state index contributed by atoms with van der Waals surface area (Å²) in [6.45, 7) is 4.31. The second kappa shape index (κ2) is 5.48. The smallest absolute Gasteiger partial charge is 0.262 e. The van der Waals surface area contributed by atoms with E-state index in [1.165, 1.54) is 0 Å². The molecule has 0 saturated heterocycles. The highest BCUT2D eigenvalue weighted by Gasteiger charge is 2.18. The Morgan fingerprint density at radius 3 is 3.06 bits per heavy atom. The molecule has 5 heteroatoms. The maximum absolute atomic E-state index is 11.2. The fraction of sp³-hybridized carbons (Fsp3) is 0.462. The van der Waals surface area contributed by atoms with Gasteiger partial charge in [-0.25, -0.2) is 0 Å². The molecule has 2 N–H and O–H groups in total. The summed E-state index contributed by atoms with van der Waals surface area (Å²) in [6.07, 6.45) is 2.19. The summed E-state index contributed by atoms with van der Waals surface area (Å²) in [7, 11) is 0. The van der Waals surface area contributed by atoms with Crippen molar-refractivity contribution < 1.29 is 9.53 Å². The Hall–Kier alpha value is -1.42. The molecule has 0 radical (unpaired) electrons. The van der Waals surface area contributed by atoms with E-state index in [2.05, 4.69) is 24.5 Å². The minimum absolute atomic E-state index is 0.0542. The molecule has 0 fully saturated rings. The summed E-state index contributed by atoms with van der Waals surface area (Å²) >= 11 is 6.18. The zero-order valence-corrected chi connectivity index (χ0v) is 11.3. The van der Waals surface area contributed by atoms with Gasteiger partial charge in [-0.05, 0) is 19.4 Å². The van der Waals surface area contributed by atoms with Crippen molar-refractivity contribution in [1.29, 1.82) is 0 Å². The lowest BCUT2D eigenvalue weighted by molar-refractivity contribution is -0.118. The molecule has 1 atom stereocenters. The first-order valence-corrected chi connectivity index (χ1v) is 6.50. The number of halogens is 1. The van der Waals surface area contributed by atoms with E-state index in [0.29, 0.717) is 22.5 Å². The molecule has 1 unspecified atom stereocenters. The minimum Gasteiger partial charge on any atom is -0.482 e. The molecule has 0 spiro atoms. The zero-order chi connectivity index (χ0) is 13.1. The summed E-state index contributed by atoms with van der Waals surface area (Å²) in [4.78, 5) is 11.2. The van der Waals surface area contributed by atoms with Gasteiger partial charge in [0.25, 0.3) is 5.91 Å². The topological polar surface area (TPSA) is 50.4 Å². The number of nitrogens with one attached hydrogen (secondary N) is 2. The van der Waals surface area contributed by atoms with E-state index in [1.807, 2.05) is 6.07 Å². The van der Waals surface area contributed by atoms with Gasteiger partial charge in [-0.2, -0.15) is 0 Å². The van der Waals surface area contributed by atoms with Gasteiger partial charge in [0.15, 0.2) is 6.61 Å². The Morgan fingerprint density at radius 1 is 1.56 bits per heavy atom. The van der Waals surface area contributed by atoms with Crippen LogP contribution in [0.3, 0.4) is 0 Å². The van der Waals surface area contributed by atoms with Crippen LogP contribution in [0.25, 0.3) is 0 Å². The standard InChI is InChI=1S/C13H17ClN2O2/c1-3-4-8(2)15-10-6-12-11(5-9(10)14)16-13(17)7-18-12/h5-6,8,15H,3-4,7H2,1-2H3,(H,16,17). The highest BCUT2D eigenvalue weighted by molar-refractivity contribution is 6.33. The van der Waals surface area contributed by atoms with Crippen LogP contribution in [-0.4, -0.2) is 18.6 Å². The zero-order valence-electron chi connectivity index (χ0n) is 10.5. The van der Waals surface area contributed by atoms with E-state index in [0.717, 1.165) is 18.5 Å². The highest BCUT2D eigenvalue weighted by atomic mass is 35.5. The number of hydrogen-bond donors (Lipinski definition) is 2. The van der Waals surface area contributed by atoms with Crippen LogP contribution >= 0.6 is 11.6 Å². The molecule has 1 aliphatic rings. The Balaban J connectivity index is 2.20. The van der Waals surface area contributed by atoms with Crippen LogP contribution in [0, 0.1) is 0 Å².